The van der Waals surface area contributed by atoms with Crippen LogP contribution in [0.4, 0.5) is 10.5 Å². The summed E-state index contributed by atoms with van der Waals surface area (Å²) in [5, 5.41) is 14.2. The van der Waals surface area contributed by atoms with Gasteiger partial charge in [0, 0.05) is 56.2 Å². The maximum Gasteiger partial charge on any atom is 0.409 e. The molecule has 7 unspecified atom stereocenters. The number of nitrogens with one attached hydrogen (secondary N) is 1. The Morgan fingerprint density at radius 1 is 1.24 bits per heavy atom. The molecular formula is C41H59ClN4O10S2. The second-order valence-electron chi connectivity index (χ2n) is 16.3. The zero-order valence-electron chi connectivity index (χ0n) is 34.9. The number of epoxide rings is 1. The van der Waals surface area contributed by atoms with E-state index in [0.717, 1.165) is 16.9 Å². The smallest absolute Gasteiger partial charge is 0.409 e. The van der Waals surface area contributed by atoms with Crippen molar-refractivity contribution in [2.45, 2.75) is 133 Å². The summed E-state index contributed by atoms with van der Waals surface area (Å²) < 4.78 is 23.4. The summed E-state index contributed by atoms with van der Waals surface area (Å²) >= 11 is 6.78. The van der Waals surface area contributed by atoms with Crippen LogP contribution in [0.3, 0.4) is 0 Å². The molecule has 4 rings (SSSR count). The number of hydrogen-bond donors (Lipinski definition) is 3. The first-order valence-corrected chi connectivity index (χ1v) is 22.2. The second kappa shape index (κ2) is 19.7. The third kappa shape index (κ3) is 12.3. The molecule has 58 heavy (non-hydrogen) atoms. The van der Waals surface area contributed by atoms with Crippen LogP contribution in [0.15, 0.2) is 35.9 Å². The number of rotatable bonds is 13. The molecule has 0 spiro atoms. The Hall–Kier alpha value is -3.44. The van der Waals surface area contributed by atoms with Crippen LogP contribution in [0.25, 0.3) is 0 Å². The Balaban J connectivity index is 1.58. The first-order valence-electron chi connectivity index (χ1n) is 19.5. The fraction of sp³-hybridized carbons (Fsp3) is 0.634. The standard InChI is InChI=1S/C41H59ClN4O10S2/c1-24-13-10-11-16-41(52)23-30(54-38(51)44-41)25(2)36-40(6,56-36)31(22-34(49)46(8)28-20-27(19-24)21-29(53-9)35(28)42)55-37(50)26(3)45(7)33(48)15-17-39(4,5)58-57-18-12-14-32(43)47/h10-11,13,20-21,25-26,30-31,36,52H,12,14-19,22-23H2,1-9H3,(H2,43,47)(H,44,51). The van der Waals surface area contributed by atoms with Gasteiger partial charge in [0.05, 0.1) is 25.3 Å². The molecule has 0 aromatic heterocycles. The van der Waals surface area contributed by atoms with Gasteiger partial charge < -0.3 is 39.6 Å². The lowest BCUT2D eigenvalue weighted by atomic mass is 9.84. The van der Waals surface area contributed by atoms with E-state index in [1.54, 1.807) is 61.7 Å². The maximum atomic E-state index is 14.2. The van der Waals surface area contributed by atoms with Gasteiger partial charge in [-0.25, -0.2) is 9.59 Å². The molecule has 4 amide bonds. The number of esters is 1. The first-order chi connectivity index (χ1) is 27.1. The number of alkyl carbamates (subject to hydrolysis) is 1. The molecule has 4 bridgehead atoms. The molecule has 3 aliphatic rings. The van der Waals surface area contributed by atoms with E-state index in [2.05, 4.69) is 5.32 Å². The van der Waals surface area contributed by atoms with E-state index in [9.17, 15) is 29.1 Å². The van der Waals surface area contributed by atoms with E-state index in [1.807, 2.05) is 45.9 Å². The van der Waals surface area contributed by atoms with Gasteiger partial charge in [0.15, 0.2) is 0 Å². The highest BCUT2D eigenvalue weighted by Gasteiger charge is 2.64. The van der Waals surface area contributed by atoms with Crippen LogP contribution in [0, 0.1) is 5.92 Å². The number of halogens is 1. The lowest BCUT2D eigenvalue weighted by molar-refractivity contribution is -0.162. The van der Waals surface area contributed by atoms with Gasteiger partial charge in [0.25, 0.3) is 0 Å². The number of nitrogens with two attached hydrogens (primary N) is 1. The van der Waals surface area contributed by atoms with E-state index >= 15 is 0 Å². The summed E-state index contributed by atoms with van der Waals surface area (Å²) in [7, 11) is 7.87. The molecule has 0 aliphatic carbocycles. The number of allylic oxidation sites excluding steroid dienone is 3. The number of carbonyl (C=O) groups excluding carboxylic acids is 5. The summed E-state index contributed by atoms with van der Waals surface area (Å²) in [6.45, 7) is 11.1. The van der Waals surface area contributed by atoms with Gasteiger partial charge in [-0.15, -0.1) is 0 Å². The summed E-state index contributed by atoms with van der Waals surface area (Å²) in [5.41, 5.74) is 4.64. The largest absolute Gasteiger partial charge is 0.495 e. The van der Waals surface area contributed by atoms with Crippen LogP contribution in [0.5, 0.6) is 5.75 Å². The number of carbonyl (C=O) groups is 5. The number of aliphatic hydroxyl groups is 1. The van der Waals surface area contributed by atoms with Crippen LogP contribution >= 0.6 is 33.2 Å². The molecule has 17 heteroatoms. The molecule has 7 atom stereocenters. The molecular weight excluding hydrogens is 808 g/mol. The minimum atomic E-state index is -1.59. The van der Waals surface area contributed by atoms with Crippen LogP contribution < -0.4 is 20.7 Å². The van der Waals surface area contributed by atoms with Gasteiger partial charge in [-0.05, 0) is 71.6 Å². The predicted octanol–water partition coefficient (Wildman–Crippen LogP) is 6.10. The van der Waals surface area contributed by atoms with Crippen molar-refractivity contribution in [3.63, 3.8) is 0 Å². The number of benzene rings is 1. The molecule has 14 nitrogen and oxygen atoms in total. The highest BCUT2D eigenvalue weighted by atomic mass is 35.5. The molecule has 4 N–H and O–H groups in total. The van der Waals surface area contributed by atoms with Crippen molar-refractivity contribution in [3.8, 4) is 5.75 Å². The van der Waals surface area contributed by atoms with Crippen molar-refractivity contribution in [1.82, 2.24) is 10.2 Å². The van der Waals surface area contributed by atoms with Crippen molar-refractivity contribution >= 4 is 68.7 Å². The van der Waals surface area contributed by atoms with E-state index in [-0.39, 0.29) is 47.3 Å². The Morgan fingerprint density at radius 3 is 2.62 bits per heavy atom. The van der Waals surface area contributed by atoms with Crippen molar-refractivity contribution in [3.05, 3.63) is 46.5 Å². The molecule has 0 radical (unpaired) electrons. The number of methoxy groups -OCH3 is 1. The minimum Gasteiger partial charge on any atom is -0.495 e. The van der Waals surface area contributed by atoms with Gasteiger partial charge in [0.2, 0.25) is 17.7 Å². The van der Waals surface area contributed by atoms with Crippen molar-refractivity contribution in [2.24, 2.45) is 11.7 Å². The molecule has 322 valence electrons. The highest BCUT2D eigenvalue weighted by molar-refractivity contribution is 8.77. The molecule has 2 fully saturated rings. The quantitative estimate of drug-likeness (QED) is 0.0896. The number of primary amides is 1. The monoisotopic (exact) mass is 866 g/mol. The third-order valence-corrected chi connectivity index (χ3v) is 14.8. The Morgan fingerprint density at radius 2 is 1.95 bits per heavy atom. The van der Waals surface area contributed by atoms with E-state index in [4.69, 9.17) is 36.3 Å². The lowest BCUT2D eigenvalue weighted by Crippen LogP contribution is -2.57. The number of hydrogen-bond acceptors (Lipinski definition) is 12. The van der Waals surface area contributed by atoms with Crippen molar-refractivity contribution < 1.29 is 48.0 Å². The Labute approximate surface area is 354 Å². The van der Waals surface area contributed by atoms with Gasteiger partial charge in [-0.1, -0.05) is 63.9 Å². The van der Waals surface area contributed by atoms with Gasteiger partial charge in [-0.3, -0.25) is 19.7 Å². The third-order valence-electron chi connectivity index (χ3n) is 11.0. The van der Waals surface area contributed by atoms with Gasteiger partial charge in [0.1, 0.15) is 40.3 Å². The Bertz CT molecular complexity index is 1780. The average Bonchev–Trinajstić information content (AvgIpc) is 3.85. The predicted molar refractivity (Wildman–Crippen MR) is 227 cm³/mol. The minimum absolute atomic E-state index is 0.0619. The average molecular weight is 868 g/mol. The van der Waals surface area contributed by atoms with E-state index in [0.29, 0.717) is 37.1 Å². The van der Waals surface area contributed by atoms with E-state index in [1.165, 1.54) is 16.9 Å². The number of amides is 4. The fourth-order valence-electron chi connectivity index (χ4n) is 7.08. The van der Waals surface area contributed by atoms with Crippen LogP contribution in [-0.4, -0.2) is 107 Å². The number of anilines is 1. The summed E-state index contributed by atoms with van der Waals surface area (Å²) in [6, 6.07) is 2.61. The van der Waals surface area contributed by atoms with Crippen molar-refractivity contribution in [2.75, 3.05) is 31.9 Å². The second-order valence-corrected chi connectivity index (χ2v) is 19.8. The first kappa shape index (κ1) is 47.2. The van der Waals surface area contributed by atoms with Crippen molar-refractivity contribution in [1.29, 1.82) is 0 Å². The van der Waals surface area contributed by atoms with Crippen LogP contribution in [-0.2, 0) is 39.8 Å². The fourth-order valence-corrected chi connectivity index (χ4v) is 10.1. The highest BCUT2D eigenvalue weighted by Crippen LogP contribution is 2.49. The summed E-state index contributed by atoms with van der Waals surface area (Å²) in [5.74, 6) is -1.09. The molecule has 3 heterocycles. The lowest BCUT2D eigenvalue weighted by Gasteiger charge is -2.39. The Kier molecular flexibility index (Phi) is 16.1. The van der Waals surface area contributed by atoms with Crippen LogP contribution in [0.2, 0.25) is 5.02 Å². The summed E-state index contributed by atoms with van der Waals surface area (Å²) in [4.78, 5) is 68.0. The zero-order chi connectivity index (χ0) is 43.2. The van der Waals surface area contributed by atoms with E-state index < -0.39 is 59.6 Å². The maximum absolute atomic E-state index is 14.2. The zero-order valence-corrected chi connectivity index (χ0v) is 37.3. The topological polar surface area (TPSA) is 190 Å². The van der Waals surface area contributed by atoms with Crippen LogP contribution in [0.1, 0.15) is 92.1 Å². The van der Waals surface area contributed by atoms with Gasteiger partial charge >= 0.3 is 12.1 Å². The number of likely N-dealkylation sites (N-methyl/N-ethyl adjacent to an activating group) is 1. The molecule has 0 saturated carbocycles. The SMILES string of the molecule is COc1cc2cc(c1Cl)N(C)C(=O)CC(OC(=O)C(C)N(C)C(=O)CCC(C)(C)SSCCCC(N)=O)C1(C)OC1C(C)C1CC(O)(CC=CC=C(C)C2)NC(=O)O1. The number of fused-ring (bicyclic) bond motifs is 5. The van der Waals surface area contributed by atoms with Gasteiger partial charge in [-0.2, -0.15) is 0 Å². The number of nitrogens with zero attached hydrogens (tertiary/aromatic N) is 2. The normalized spacial score (nSPS) is 27.0. The molecule has 1 aromatic rings. The molecule has 1 aromatic carbocycles. The molecule has 2 saturated heterocycles. The summed E-state index contributed by atoms with van der Waals surface area (Å²) in [6.07, 6.45) is 4.27. The molecule has 3 aliphatic heterocycles. The number of ether oxygens (including phenoxy) is 4.